The van der Waals surface area contributed by atoms with Gasteiger partial charge in [0, 0.05) is 23.1 Å². The standard InChI is InChI=1S/C23H25FN4O2/c1-5-17-8-6-7-14(2)22(17)27-20(29)13-28-21(30)12-16(4)25-23(28)26-18-9-10-19(24)15(3)11-18/h6-12H,5,13H2,1-4H3,(H,25,26)(H,27,29). The number of halogens is 1. The topological polar surface area (TPSA) is 76.0 Å². The van der Waals surface area contributed by atoms with Gasteiger partial charge in [-0.3, -0.25) is 14.2 Å². The molecule has 30 heavy (non-hydrogen) atoms. The zero-order valence-corrected chi connectivity index (χ0v) is 17.5. The number of carbonyl (C=O) groups excluding carboxylic acids is 1. The molecular formula is C23H25FN4O2. The van der Waals surface area contributed by atoms with Crippen LogP contribution in [0.2, 0.25) is 0 Å². The van der Waals surface area contributed by atoms with Crippen LogP contribution in [0.4, 0.5) is 21.7 Å². The SMILES string of the molecule is CCc1cccc(C)c1NC(=O)Cn1c(Nc2ccc(F)c(C)c2)nc(C)cc1=O. The normalized spacial score (nSPS) is 10.7. The molecule has 1 amide bonds. The van der Waals surface area contributed by atoms with Crippen LogP contribution in [0.25, 0.3) is 0 Å². The van der Waals surface area contributed by atoms with Crippen molar-refractivity contribution in [1.82, 2.24) is 9.55 Å². The van der Waals surface area contributed by atoms with Crippen LogP contribution >= 0.6 is 0 Å². The van der Waals surface area contributed by atoms with Crippen molar-refractivity contribution < 1.29 is 9.18 Å². The predicted molar refractivity (Wildman–Crippen MR) is 117 cm³/mol. The van der Waals surface area contributed by atoms with E-state index in [1.807, 2.05) is 32.0 Å². The van der Waals surface area contributed by atoms with E-state index < -0.39 is 0 Å². The Balaban J connectivity index is 1.89. The average molecular weight is 408 g/mol. The van der Waals surface area contributed by atoms with Crippen molar-refractivity contribution in [2.75, 3.05) is 10.6 Å². The van der Waals surface area contributed by atoms with Crippen LogP contribution in [0.3, 0.4) is 0 Å². The van der Waals surface area contributed by atoms with Gasteiger partial charge in [-0.2, -0.15) is 0 Å². The zero-order chi connectivity index (χ0) is 21.8. The number of nitrogens with one attached hydrogen (secondary N) is 2. The van der Waals surface area contributed by atoms with E-state index in [-0.39, 0.29) is 29.8 Å². The summed E-state index contributed by atoms with van der Waals surface area (Å²) in [7, 11) is 0. The van der Waals surface area contributed by atoms with E-state index >= 15 is 0 Å². The smallest absolute Gasteiger partial charge is 0.255 e. The second-order valence-corrected chi connectivity index (χ2v) is 7.25. The number of aromatic nitrogens is 2. The number of benzene rings is 2. The molecule has 156 valence electrons. The Hall–Kier alpha value is -3.48. The number of amides is 1. The van der Waals surface area contributed by atoms with Crippen molar-refractivity contribution in [3.8, 4) is 0 Å². The van der Waals surface area contributed by atoms with Crippen molar-refractivity contribution >= 4 is 23.2 Å². The third-order valence-electron chi connectivity index (χ3n) is 4.86. The van der Waals surface area contributed by atoms with Gasteiger partial charge in [0.1, 0.15) is 12.4 Å². The van der Waals surface area contributed by atoms with Gasteiger partial charge in [-0.1, -0.05) is 25.1 Å². The molecule has 0 aliphatic heterocycles. The first kappa shape index (κ1) is 21.2. The molecule has 0 aliphatic rings. The van der Waals surface area contributed by atoms with Crippen LogP contribution in [0.1, 0.15) is 29.3 Å². The number of anilines is 3. The second kappa shape index (κ2) is 8.90. The number of hydrogen-bond acceptors (Lipinski definition) is 4. The molecule has 7 heteroatoms. The molecule has 2 aromatic carbocycles. The van der Waals surface area contributed by atoms with Gasteiger partial charge in [0.05, 0.1) is 0 Å². The summed E-state index contributed by atoms with van der Waals surface area (Å²) in [5.41, 5.74) is 3.96. The lowest BCUT2D eigenvalue weighted by Gasteiger charge is -2.16. The van der Waals surface area contributed by atoms with E-state index in [0.717, 1.165) is 23.2 Å². The maximum atomic E-state index is 13.6. The predicted octanol–water partition coefficient (Wildman–Crippen LogP) is 4.25. The molecule has 0 fully saturated rings. The molecule has 1 heterocycles. The van der Waals surface area contributed by atoms with Gasteiger partial charge in [0.15, 0.2) is 0 Å². The van der Waals surface area contributed by atoms with E-state index in [2.05, 4.69) is 15.6 Å². The fourth-order valence-electron chi connectivity index (χ4n) is 3.25. The molecule has 1 aromatic heterocycles. The number of hydrogen-bond donors (Lipinski definition) is 2. The summed E-state index contributed by atoms with van der Waals surface area (Å²) >= 11 is 0. The van der Waals surface area contributed by atoms with Crippen LogP contribution in [0.15, 0.2) is 47.3 Å². The highest BCUT2D eigenvalue weighted by Gasteiger charge is 2.14. The van der Waals surface area contributed by atoms with Crippen LogP contribution in [-0.4, -0.2) is 15.5 Å². The van der Waals surface area contributed by atoms with Crippen molar-refractivity contribution in [1.29, 1.82) is 0 Å². The first-order valence-electron chi connectivity index (χ1n) is 9.78. The number of aryl methyl sites for hydroxylation is 4. The minimum absolute atomic E-state index is 0.202. The second-order valence-electron chi connectivity index (χ2n) is 7.25. The summed E-state index contributed by atoms with van der Waals surface area (Å²) in [6.45, 7) is 7.10. The first-order valence-corrected chi connectivity index (χ1v) is 9.78. The summed E-state index contributed by atoms with van der Waals surface area (Å²) < 4.78 is 14.8. The Morgan fingerprint density at radius 2 is 1.87 bits per heavy atom. The highest BCUT2D eigenvalue weighted by atomic mass is 19.1. The molecule has 0 saturated carbocycles. The highest BCUT2D eigenvalue weighted by Crippen LogP contribution is 2.22. The molecule has 0 bridgehead atoms. The maximum Gasteiger partial charge on any atom is 0.255 e. The van der Waals surface area contributed by atoms with Crippen molar-refractivity contribution in [3.63, 3.8) is 0 Å². The molecule has 3 aromatic rings. The quantitative estimate of drug-likeness (QED) is 0.639. The lowest BCUT2D eigenvalue weighted by Crippen LogP contribution is -2.30. The van der Waals surface area contributed by atoms with Crippen molar-refractivity contribution in [2.45, 2.75) is 40.7 Å². The number of rotatable bonds is 6. The molecule has 6 nitrogen and oxygen atoms in total. The van der Waals surface area contributed by atoms with Crippen LogP contribution in [0, 0.1) is 26.6 Å². The number of para-hydroxylation sites is 1. The molecule has 0 atom stereocenters. The van der Waals surface area contributed by atoms with E-state index in [4.69, 9.17) is 0 Å². The van der Waals surface area contributed by atoms with Crippen LogP contribution in [0.5, 0.6) is 0 Å². The van der Waals surface area contributed by atoms with Gasteiger partial charge in [0.2, 0.25) is 11.9 Å². The molecule has 3 rings (SSSR count). The Kier molecular flexibility index (Phi) is 6.30. The minimum Gasteiger partial charge on any atom is -0.326 e. The lowest BCUT2D eigenvalue weighted by molar-refractivity contribution is -0.116. The average Bonchev–Trinajstić information content (AvgIpc) is 2.69. The Morgan fingerprint density at radius 3 is 2.57 bits per heavy atom. The number of carbonyl (C=O) groups is 1. The van der Waals surface area contributed by atoms with Gasteiger partial charge < -0.3 is 10.6 Å². The molecular weight excluding hydrogens is 383 g/mol. The van der Waals surface area contributed by atoms with Crippen molar-refractivity contribution in [3.05, 3.63) is 81.0 Å². The lowest BCUT2D eigenvalue weighted by atomic mass is 10.1. The van der Waals surface area contributed by atoms with Gasteiger partial charge in [-0.05, 0) is 62.1 Å². The zero-order valence-electron chi connectivity index (χ0n) is 17.5. The summed E-state index contributed by atoms with van der Waals surface area (Å²) in [4.78, 5) is 29.7. The first-order chi connectivity index (χ1) is 14.3. The summed E-state index contributed by atoms with van der Waals surface area (Å²) in [5.74, 6) is -0.425. The summed E-state index contributed by atoms with van der Waals surface area (Å²) in [6, 6.07) is 11.7. The monoisotopic (exact) mass is 408 g/mol. The maximum absolute atomic E-state index is 13.6. The van der Waals surface area contributed by atoms with Gasteiger partial charge in [-0.15, -0.1) is 0 Å². The molecule has 0 unspecified atom stereocenters. The Bertz CT molecular complexity index is 1150. The number of nitrogens with zero attached hydrogens (tertiary/aromatic N) is 2. The van der Waals surface area contributed by atoms with E-state index in [1.165, 1.54) is 16.7 Å². The largest absolute Gasteiger partial charge is 0.326 e. The highest BCUT2D eigenvalue weighted by molar-refractivity contribution is 5.92. The summed E-state index contributed by atoms with van der Waals surface area (Å²) in [5, 5.41) is 5.95. The minimum atomic E-state index is -0.348. The van der Waals surface area contributed by atoms with E-state index in [0.29, 0.717) is 16.9 Å². The molecule has 0 aliphatic carbocycles. The van der Waals surface area contributed by atoms with Gasteiger partial charge in [0.25, 0.3) is 5.56 Å². The fourth-order valence-corrected chi connectivity index (χ4v) is 3.25. The fraction of sp³-hybridized carbons (Fsp3) is 0.261. The third-order valence-corrected chi connectivity index (χ3v) is 4.86. The van der Waals surface area contributed by atoms with Crippen LogP contribution < -0.4 is 16.2 Å². The van der Waals surface area contributed by atoms with Crippen LogP contribution in [-0.2, 0) is 17.8 Å². The Labute approximate surface area is 174 Å². The Morgan fingerprint density at radius 1 is 1.10 bits per heavy atom. The van der Waals surface area contributed by atoms with Crippen molar-refractivity contribution in [2.24, 2.45) is 0 Å². The molecule has 0 spiro atoms. The van der Waals surface area contributed by atoms with E-state index in [1.54, 1.807) is 26.0 Å². The molecule has 0 radical (unpaired) electrons. The molecule has 2 N–H and O–H groups in total. The summed E-state index contributed by atoms with van der Waals surface area (Å²) in [6.07, 6.45) is 0.778. The third kappa shape index (κ3) is 4.74. The van der Waals surface area contributed by atoms with Gasteiger partial charge >= 0.3 is 0 Å². The van der Waals surface area contributed by atoms with E-state index in [9.17, 15) is 14.0 Å². The van der Waals surface area contributed by atoms with Gasteiger partial charge in [-0.25, -0.2) is 9.37 Å². The molecule has 0 saturated heterocycles.